The van der Waals surface area contributed by atoms with Crippen molar-refractivity contribution in [2.24, 2.45) is 0 Å². The fourth-order valence-corrected chi connectivity index (χ4v) is 3.09. The number of esters is 1. The van der Waals surface area contributed by atoms with E-state index in [1.807, 2.05) is 30.3 Å². The number of ketones is 1. The molecule has 1 saturated heterocycles. The minimum atomic E-state index is -0.701. The van der Waals surface area contributed by atoms with Gasteiger partial charge in [0.05, 0.1) is 0 Å². The predicted octanol–water partition coefficient (Wildman–Crippen LogP) is 2.99. The topological polar surface area (TPSA) is 63.7 Å². The molecule has 1 aliphatic rings. The molecule has 0 saturated carbocycles. The lowest BCUT2D eigenvalue weighted by molar-refractivity contribution is -0.156. The first-order valence-electron chi connectivity index (χ1n) is 8.78. The molecule has 0 aliphatic carbocycles. The van der Waals surface area contributed by atoms with Crippen LogP contribution in [0.1, 0.15) is 35.2 Å². The number of benzene rings is 2. The Morgan fingerprint density at radius 2 is 1.58 bits per heavy atom. The minimum Gasteiger partial charge on any atom is -0.459 e. The molecule has 1 amide bonds. The van der Waals surface area contributed by atoms with E-state index in [4.69, 9.17) is 4.74 Å². The summed E-state index contributed by atoms with van der Waals surface area (Å²) in [6, 6.07) is 17.1. The summed E-state index contributed by atoms with van der Waals surface area (Å²) in [5.41, 5.74) is 1.22. The lowest BCUT2D eigenvalue weighted by atomic mass is 10.0. The second-order valence-corrected chi connectivity index (χ2v) is 6.30. The van der Waals surface area contributed by atoms with Crippen LogP contribution in [0.25, 0.3) is 0 Å². The van der Waals surface area contributed by atoms with Crippen molar-refractivity contribution in [3.63, 3.8) is 0 Å². The Kier molecular flexibility index (Phi) is 5.79. The van der Waals surface area contributed by atoms with Gasteiger partial charge in [0.1, 0.15) is 12.6 Å². The molecule has 0 bridgehead atoms. The Labute approximate surface area is 152 Å². The van der Waals surface area contributed by atoms with Gasteiger partial charge < -0.3 is 9.64 Å². The third kappa shape index (κ3) is 4.17. The number of hydrogen-bond donors (Lipinski definition) is 0. The van der Waals surface area contributed by atoms with Gasteiger partial charge in [0.2, 0.25) is 5.78 Å². The Morgan fingerprint density at radius 3 is 2.27 bits per heavy atom. The zero-order valence-corrected chi connectivity index (χ0v) is 14.5. The number of amides is 1. The Hall–Kier alpha value is -2.95. The van der Waals surface area contributed by atoms with Crippen molar-refractivity contribution in [1.82, 2.24) is 4.90 Å². The van der Waals surface area contributed by atoms with Crippen molar-refractivity contribution in [3.8, 4) is 0 Å². The number of carbonyl (C=O) groups excluding carboxylic acids is 3. The maximum absolute atomic E-state index is 12.7. The summed E-state index contributed by atoms with van der Waals surface area (Å²) in [6.07, 6.45) is 2.12. The molecule has 0 radical (unpaired) electrons. The maximum atomic E-state index is 12.7. The van der Waals surface area contributed by atoms with Crippen LogP contribution in [0.5, 0.6) is 0 Å². The van der Waals surface area contributed by atoms with Gasteiger partial charge >= 0.3 is 5.97 Å². The fraction of sp³-hybridized carbons (Fsp3) is 0.286. The van der Waals surface area contributed by atoms with E-state index in [0.717, 1.165) is 18.4 Å². The second kappa shape index (κ2) is 8.43. The zero-order chi connectivity index (χ0) is 18.4. The highest BCUT2D eigenvalue weighted by Crippen LogP contribution is 2.20. The molecule has 0 spiro atoms. The monoisotopic (exact) mass is 351 g/mol. The average Bonchev–Trinajstić information content (AvgIpc) is 2.72. The van der Waals surface area contributed by atoms with Gasteiger partial charge in [-0.25, -0.2) is 4.79 Å². The molecule has 2 aromatic carbocycles. The van der Waals surface area contributed by atoms with Crippen LogP contribution in [-0.2, 0) is 20.9 Å². The predicted molar refractivity (Wildman–Crippen MR) is 96.4 cm³/mol. The number of likely N-dealkylation sites (tertiary alicyclic amines) is 1. The molecule has 0 N–H and O–H groups in total. The van der Waals surface area contributed by atoms with E-state index in [0.29, 0.717) is 18.5 Å². The molecule has 2 aromatic rings. The van der Waals surface area contributed by atoms with E-state index >= 15 is 0 Å². The molecular weight excluding hydrogens is 330 g/mol. The highest BCUT2D eigenvalue weighted by Gasteiger charge is 2.36. The molecule has 1 unspecified atom stereocenters. The van der Waals surface area contributed by atoms with Crippen molar-refractivity contribution in [3.05, 3.63) is 71.8 Å². The number of rotatable bonds is 5. The molecule has 1 fully saturated rings. The normalized spacial score (nSPS) is 16.8. The minimum absolute atomic E-state index is 0.158. The first-order chi connectivity index (χ1) is 12.7. The van der Waals surface area contributed by atoms with Crippen LogP contribution >= 0.6 is 0 Å². The smallest absolute Gasteiger partial charge is 0.329 e. The van der Waals surface area contributed by atoms with Gasteiger partial charge in [-0.1, -0.05) is 60.7 Å². The van der Waals surface area contributed by atoms with E-state index in [9.17, 15) is 14.4 Å². The lowest BCUT2D eigenvalue weighted by Crippen LogP contribution is -2.51. The summed E-state index contributed by atoms with van der Waals surface area (Å²) in [7, 11) is 0. The van der Waals surface area contributed by atoms with Crippen LogP contribution in [0.2, 0.25) is 0 Å². The molecule has 5 nitrogen and oxygen atoms in total. The van der Waals surface area contributed by atoms with E-state index in [1.165, 1.54) is 4.90 Å². The average molecular weight is 351 g/mol. The Bertz CT molecular complexity index is 773. The third-order valence-electron chi connectivity index (χ3n) is 4.49. The number of carbonyl (C=O) groups is 3. The highest BCUT2D eigenvalue weighted by molar-refractivity contribution is 6.43. The van der Waals surface area contributed by atoms with Gasteiger partial charge in [0, 0.05) is 12.1 Å². The third-order valence-corrected chi connectivity index (χ3v) is 4.49. The van der Waals surface area contributed by atoms with Crippen LogP contribution in [0.15, 0.2) is 60.7 Å². The second-order valence-electron chi connectivity index (χ2n) is 6.30. The van der Waals surface area contributed by atoms with E-state index in [2.05, 4.69) is 0 Å². The lowest BCUT2D eigenvalue weighted by Gasteiger charge is -2.33. The summed E-state index contributed by atoms with van der Waals surface area (Å²) < 4.78 is 5.39. The first-order valence-corrected chi connectivity index (χ1v) is 8.78. The molecule has 3 rings (SSSR count). The largest absolute Gasteiger partial charge is 0.459 e. The molecule has 1 aliphatic heterocycles. The highest BCUT2D eigenvalue weighted by atomic mass is 16.5. The SMILES string of the molecule is O=C(C(=O)N1CCCCC1C(=O)OCc1ccccc1)c1ccccc1. The quantitative estimate of drug-likeness (QED) is 0.472. The zero-order valence-electron chi connectivity index (χ0n) is 14.5. The first kappa shape index (κ1) is 17.9. The van der Waals surface area contributed by atoms with Crippen molar-refractivity contribution in [1.29, 1.82) is 0 Å². The standard InChI is InChI=1S/C21H21NO4/c23-19(17-11-5-2-6-12-17)20(24)22-14-8-7-13-18(22)21(25)26-15-16-9-3-1-4-10-16/h1-6,9-12,18H,7-8,13-15H2. The molecule has 134 valence electrons. The summed E-state index contributed by atoms with van der Waals surface area (Å²) in [5.74, 6) is -1.69. The summed E-state index contributed by atoms with van der Waals surface area (Å²) in [4.78, 5) is 39.0. The van der Waals surface area contributed by atoms with Crippen LogP contribution in [0.3, 0.4) is 0 Å². The number of Topliss-reactive ketones (excluding diaryl/α,β-unsaturated/α-hetero) is 1. The van der Waals surface area contributed by atoms with Gasteiger partial charge in [0.15, 0.2) is 0 Å². The molecule has 0 aromatic heterocycles. The van der Waals surface area contributed by atoms with Crippen molar-refractivity contribution >= 4 is 17.7 Å². The van der Waals surface area contributed by atoms with Crippen LogP contribution in [-0.4, -0.2) is 35.1 Å². The maximum Gasteiger partial charge on any atom is 0.329 e. The molecule has 26 heavy (non-hydrogen) atoms. The molecule has 1 heterocycles. The van der Waals surface area contributed by atoms with E-state index in [1.54, 1.807) is 30.3 Å². The number of nitrogens with zero attached hydrogens (tertiary/aromatic N) is 1. The number of piperidine rings is 1. The molecular formula is C21H21NO4. The number of ether oxygens (including phenoxy) is 1. The summed E-state index contributed by atoms with van der Waals surface area (Å²) in [5, 5.41) is 0. The molecule has 5 heteroatoms. The van der Waals surface area contributed by atoms with E-state index < -0.39 is 23.7 Å². The summed E-state index contributed by atoms with van der Waals surface area (Å²) in [6.45, 7) is 0.549. The van der Waals surface area contributed by atoms with Crippen LogP contribution < -0.4 is 0 Å². The number of hydrogen-bond acceptors (Lipinski definition) is 4. The van der Waals surface area contributed by atoms with Gasteiger partial charge in [0.25, 0.3) is 5.91 Å². The van der Waals surface area contributed by atoms with Gasteiger partial charge in [-0.05, 0) is 24.8 Å². The molecule has 1 atom stereocenters. The Morgan fingerprint density at radius 1 is 0.923 bits per heavy atom. The fourth-order valence-electron chi connectivity index (χ4n) is 3.09. The van der Waals surface area contributed by atoms with Crippen molar-refractivity contribution in [2.75, 3.05) is 6.54 Å². The van der Waals surface area contributed by atoms with Crippen LogP contribution in [0.4, 0.5) is 0 Å². The van der Waals surface area contributed by atoms with Gasteiger partial charge in [-0.15, -0.1) is 0 Å². The van der Waals surface area contributed by atoms with Crippen molar-refractivity contribution in [2.45, 2.75) is 31.9 Å². The Balaban J connectivity index is 1.68. The van der Waals surface area contributed by atoms with E-state index in [-0.39, 0.29) is 6.61 Å². The van der Waals surface area contributed by atoms with Gasteiger partial charge in [-0.2, -0.15) is 0 Å². The van der Waals surface area contributed by atoms with Crippen molar-refractivity contribution < 1.29 is 19.1 Å². The van der Waals surface area contributed by atoms with Gasteiger partial charge in [-0.3, -0.25) is 9.59 Å². The summed E-state index contributed by atoms with van der Waals surface area (Å²) >= 11 is 0. The van der Waals surface area contributed by atoms with Crippen LogP contribution in [0, 0.1) is 0 Å².